The highest BCUT2D eigenvalue weighted by Gasteiger charge is 2.14. The van der Waals surface area contributed by atoms with E-state index in [2.05, 4.69) is 194 Å². The van der Waals surface area contributed by atoms with E-state index in [4.69, 9.17) is 0 Å². The summed E-state index contributed by atoms with van der Waals surface area (Å²) >= 11 is 7.14. The normalized spacial score (nSPS) is 10.8. The highest BCUT2D eigenvalue weighted by Crippen LogP contribution is 2.38. The smallest absolute Gasteiger partial charge is 0.0462 e. The summed E-state index contributed by atoms with van der Waals surface area (Å²) in [4.78, 5) is 4.56. The molecule has 0 aliphatic heterocycles. The fourth-order valence-corrected chi connectivity index (χ4v) is 5.48. The van der Waals surface area contributed by atoms with E-state index in [0.717, 1.165) is 43.1 Å². The van der Waals surface area contributed by atoms with E-state index in [0.29, 0.717) is 0 Å². The van der Waals surface area contributed by atoms with Gasteiger partial charge in [-0.3, -0.25) is 0 Å². The molecule has 0 N–H and O–H groups in total. The summed E-state index contributed by atoms with van der Waals surface area (Å²) in [5.41, 5.74) is 10.3. The average molecular weight is 660 g/mol. The molecule has 0 atom stereocenters. The molecule has 0 unspecified atom stereocenters. The van der Waals surface area contributed by atoms with Crippen molar-refractivity contribution in [2.24, 2.45) is 0 Å². The van der Waals surface area contributed by atoms with Gasteiger partial charge < -0.3 is 9.80 Å². The standard InChI is InChI=1S/C37H28Br2N2/c1-27-7-17-33(18-8-27)41(37-25-15-31(39)16-26-37)35-21-11-29(12-22-35)28-9-19-34(20-10-28)40(32-5-3-2-4-6-32)36-23-13-30(38)14-24-36/h2-26H,1H3. The lowest BCUT2D eigenvalue weighted by Gasteiger charge is -2.26. The molecule has 0 heterocycles. The molecule has 0 amide bonds. The second-order valence-corrected chi connectivity index (χ2v) is 11.7. The number of hydrogen-bond acceptors (Lipinski definition) is 2. The van der Waals surface area contributed by atoms with Gasteiger partial charge in [0.25, 0.3) is 0 Å². The summed E-state index contributed by atoms with van der Waals surface area (Å²) in [5, 5.41) is 0. The van der Waals surface area contributed by atoms with Gasteiger partial charge in [-0.2, -0.15) is 0 Å². The predicted molar refractivity (Wildman–Crippen MR) is 181 cm³/mol. The van der Waals surface area contributed by atoms with Crippen LogP contribution >= 0.6 is 31.9 Å². The molecule has 0 aliphatic carbocycles. The molecule has 6 aromatic carbocycles. The van der Waals surface area contributed by atoms with Crippen molar-refractivity contribution in [3.63, 3.8) is 0 Å². The van der Waals surface area contributed by atoms with Crippen molar-refractivity contribution >= 4 is 66.0 Å². The lowest BCUT2D eigenvalue weighted by molar-refractivity contribution is 1.27. The third-order valence-electron chi connectivity index (χ3n) is 7.06. The molecule has 0 aromatic heterocycles. The van der Waals surface area contributed by atoms with Crippen molar-refractivity contribution in [3.05, 3.63) is 166 Å². The van der Waals surface area contributed by atoms with Crippen LogP contribution in [0.1, 0.15) is 5.56 Å². The molecule has 200 valence electrons. The Morgan fingerprint density at radius 2 is 0.634 bits per heavy atom. The number of halogens is 2. The summed E-state index contributed by atoms with van der Waals surface area (Å²) in [6.45, 7) is 2.12. The molecule has 0 fully saturated rings. The number of aryl methyl sites for hydroxylation is 1. The maximum Gasteiger partial charge on any atom is 0.0462 e. The summed E-state index contributed by atoms with van der Waals surface area (Å²) in [5.74, 6) is 0. The van der Waals surface area contributed by atoms with Crippen molar-refractivity contribution in [2.75, 3.05) is 9.80 Å². The van der Waals surface area contributed by atoms with Gasteiger partial charge in [-0.15, -0.1) is 0 Å². The average Bonchev–Trinajstić information content (AvgIpc) is 3.02. The Bertz CT molecular complexity index is 1670. The van der Waals surface area contributed by atoms with Gasteiger partial charge in [0.15, 0.2) is 0 Å². The lowest BCUT2D eigenvalue weighted by Crippen LogP contribution is -2.10. The van der Waals surface area contributed by atoms with Gasteiger partial charge in [-0.25, -0.2) is 0 Å². The topological polar surface area (TPSA) is 6.48 Å². The minimum atomic E-state index is 1.06. The molecule has 6 aromatic rings. The summed E-state index contributed by atoms with van der Waals surface area (Å²) in [7, 11) is 0. The van der Waals surface area contributed by atoms with E-state index < -0.39 is 0 Å². The van der Waals surface area contributed by atoms with E-state index in [9.17, 15) is 0 Å². The second-order valence-electron chi connectivity index (χ2n) is 9.89. The van der Waals surface area contributed by atoms with Crippen molar-refractivity contribution in [1.82, 2.24) is 0 Å². The van der Waals surface area contributed by atoms with Crippen molar-refractivity contribution in [2.45, 2.75) is 6.92 Å². The van der Waals surface area contributed by atoms with Gasteiger partial charge in [-0.1, -0.05) is 92.0 Å². The highest BCUT2D eigenvalue weighted by atomic mass is 79.9. The minimum Gasteiger partial charge on any atom is -0.311 e. The van der Waals surface area contributed by atoms with Crippen LogP contribution in [0.2, 0.25) is 0 Å². The third kappa shape index (κ3) is 6.14. The summed E-state index contributed by atoms with van der Waals surface area (Å²) < 4.78 is 2.13. The number of hydrogen-bond donors (Lipinski definition) is 0. The number of rotatable bonds is 7. The third-order valence-corrected chi connectivity index (χ3v) is 8.12. The van der Waals surface area contributed by atoms with E-state index >= 15 is 0 Å². The molecule has 0 spiro atoms. The zero-order valence-corrected chi connectivity index (χ0v) is 25.8. The second kappa shape index (κ2) is 12.2. The Labute approximate surface area is 258 Å². The van der Waals surface area contributed by atoms with E-state index in [1.807, 2.05) is 6.07 Å². The molecule has 2 nitrogen and oxygen atoms in total. The Hall–Kier alpha value is -4.12. The van der Waals surface area contributed by atoms with Crippen LogP contribution in [0, 0.1) is 6.92 Å². The fourth-order valence-electron chi connectivity index (χ4n) is 4.95. The van der Waals surface area contributed by atoms with Crippen molar-refractivity contribution < 1.29 is 0 Å². The Kier molecular flexibility index (Phi) is 8.04. The minimum absolute atomic E-state index is 1.06. The zero-order valence-electron chi connectivity index (χ0n) is 22.6. The number of anilines is 6. The lowest BCUT2D eigenvalue weighted by atomic mass is 10.0. The first kappa shape index (κ1) is 27.1. The summed E-state index contributed by atoms with van der Waals surface area (Å²) in [6.07, 6.45) is 0. The van der Waals surface area contributed by atoms with Crippen LogP contribution in [-0.2, 0) is 0 Å². The van der Waals surface area contributed by atoms with Crippen LogP contribution in [0.4, 0.5) is 34.1 Å². The van der Waals surface area contributed by atoms with Crippen molar-refractivity contribution in [1.29, 1.82) is 0 Å². The molecule has 0 aliphatic rings. The van der Waals surface area contributed by atoms with Gasteiger partial charge in [0, 0.05) is 43.1 Å². The van der Waals surface area contributed by atoms with E-state index in [1.54, 1.807) is 0 Å². The SMILES string of the molecule is Cc1ccc(N(c2ccc(Br)cc2)c2ccc(-c3ccc(N(c4ccccc4)c4ccc(Br)cc4)cc3)cc2)cc1. The quantitative estimate of drug-likeness (QED) is 0.168. The number of benzene rings is 6. The van der Waals surface area contributed by atoms with Crippen LogP contribution < -0.4 is 9.80 Å². The van der Waals surface area contributed by atoms with Crippen LogP contribution in [0.25, 0.3) is 11.1 Å². The van der Waals surface area contributed by atoms with Gasteiger partial charge in [-0.05, 0) is 115 Å². The van der Waals surface area contributed by atoms with Gasteiger partial charge in [0.2, 0.25) is 0 Å². The first-order valence-corrected chi connectivity index (χ1v) is 15.1. The highest BCUT2D eigenvalue weighted by molar-refractivity contribution is 9.10. The molecule has 0 radical (unpaired) electrons. The molecule has 6 rings (SSSR count). The Morgan fingerprint density at radius 1 is 0.341 bits per heavy atom. The van der Waals surface area contributed by atoms with E-state index in [-0.39, 0.29) is 0 Å². The maximum atomic E-state index is 3.57. The predicted octanol–water partition coefficient (Wildman–Crippen LogP) is 12.1. The first-order chi connectivity index (χ1) is 20.0. The van der Waals surface area contributed by atoms with Crippen LogP contribution in [0.15, 0.2) is 161 Å². The van der Waals surface area contributed by atoms with Crippen LogP contribution in [0.5, 0.6) is 0 Å². The zero-order chi connectivity index (χ0) is 28.2. The molecule has 4 heteroatoms. The van der Waals surface area contributed by atoms with Crippen LogP contribution in [0.3, 0.4) is 0 Å². The maximum absolute atomic E-state index is 3.57. The van der Waals surface area contributed by atoms with Gasteiger partial charge >= 0.3 is 0 Å². The molecular formula is C37H28Br2N2. The van der Waals surface area contributed by atoms with E-state index in [1.165, 1.54) is 16.7 Å². The number of nitrogens with zero attached hydrogens (tertiary/aromatic N) is 2. The van der Waals surface area contributed by atoms with Crippen molar-refractivity contribution in [3.8, 4) is 11.1 Å². The molecule has 0 bridgehead atoms. The van der Waals surface area contributed by atoms with Gasteiger partial charge in [0.05, 0.1) is 0 Å². The van der Waals surface area contributed by atoms with Gasteiger partial charge in [0.1, 0.15) is 0 Å². The monoisotopic (exact) mass is 658 g/mol. The molecule has 41 heavy (non-hydrogen) atoms. The number of para-hydroxylation sites is 1. The molecule has 0 saturated heterocycles. The molecular weight excluding hydrogens is 632 g/mol. The summed E-state index contributed by atoms with van der Waals surface area (Å²) in [6, 6.07) is 53.6. The first-order valence-electron chi connectivity index (χ1n) is 13.5. The fraction of sp³-hybridized carbons (Fsp3) is 0.0270. The molecule has 0 saturated carbocycles. The Balaban J connectivity index is 1.31. The Morgan fingerprint density at radius 3 is 1.00 bits per heavy atom. The largest absolute Gasteiger partial charge is 0.311 e. The van der Waals surface area contributed by atoms with Crippen LogP contribution in [-0.4, -0.2) is 0 Å².